The number of amides is 1. The highest BCUT2D eigenvalue weighted by atomic mass is 79.9. The Kier molecular flexibility index (Phi) is 6.98. The first-order chi connectivity index (χ1) is 10.7. The minimum Gasteiger partial charge on any atom is -0.465 e. The number of carboxylic acid groups (broad SMARTS) is 1. The van der Waals surface area contributed by atoms with Gasteiger partial charge in [0.2, 0.25) is 0 Å². The number of aldehydes is 1. The molecule has 7 heteroatoms. The molecule has 1 aliphatic carbocycles. The molecule has 1 atom stereocenters. The lowest BCUT2D eigenvalue weighted by Gasteiger charge is -2.48. The molecule has 0 saturated carbocycles. The van der Waals surface area contributed by atoms with Gasteiger partial charge in [0.05, 0.1) is 17.0 Å². The van der Waals surface area contributed by atoms with Crippen LogP contribution in [-0.4, -0.2) is 68.6 Å². The van der Waals surface area contributed by atoms with Crippen LogP contribution in [-0.2, 0) is 4.79 Å². The minimum absolute atomic E-state index is 0.113. The summed E-state index contributed by atoms with van der Waals surface area (Å²) in [6.45, 7) is 4.00. The number of aliphatic hydroxyl groups excluding tert-OH is 1. The van der Waals surface area contributed by atoms with Crippen molar-refractivity contribution in [3.8, 4) is 0 Å². The molecule has 0 saturated heterocycles. The lowest BCUT2D eigenvalue weighted by Crippen LogP contribution is -2.63. The average molecular weight is 389 g/mol. The largest absolute Gasteiger partial charge is 0.465 e. The number of halogens is 1. The summed E-state index contributed by atoms with van der Waals surface area (Å²) in [5.41, 5.74) is -1.11. The van der Waals surface area contributed by atoms with Crippen LogP contribution in [0.4, 0.5) is 4.79 Å². The van der Waals surface area contributed by atoms with E-state index in [1.165, 1.54) is 0 Å². The van der Waals surface area contributed by atoms with Crippen LogP contribution < -0.4 is 0 Å². The maximum absolute atomic E-state index is 11.9. The molecule has 0 aromatic heterocycles. The van der Waals surface area contributed by atoms with E-state index in [1.807, 2.05) is 26.0 Å². The second-order valence-electron chi connectivity index (χ2n) is 5.89. The van der Waals surface area contributed by atoms with Crippen molar-refractivity contribution in [2.24, 2.45) is 0 Å². The van der Waals surface area contributed by atoms with Crippen molar-refractivity contribution >= 4 is 28.3 Å². The predicted octanol–water partition coefficient (Wildman–Crippen LogP) is 2.23. The lowest BCUT2D eigenvalue weighted by molar-refractivity contribution is -0.115. The third-order valence-corrected chi connectivity index (χ3v) is 4.55. The zero-order valence-electron chi connectivity index (χ0n) is 13.8. The van der Waals surface area contributed by atoms with Crippen LogP contribution in [0.3, 0.4) is 0 Å². The van der Waals surface area contributed by atoms with Gasteiger partial charge in [-0.2, -0.15) is 0 Å². The fraction of sp³-hybridized carbons (Fsp3) is 0.625. The molecule has 0 aromatic rings. The number of carbonyl (C=O) groups is 2. The highest BCUT2D eigenvalue weighted by Crippen LogP contribution is 2.35. The van der Waals surface area contributed by atoms with Crippen LogP contribution in [0.1, 0.15) is 26.7 Å². The van der Waals surface area contributed by atoms with Crippen LogP contribution >= 0.6 is 15.9 Å². The summed E-state index contributed by atoms with van der Waals surface area (Å²) < 4.78 is -0.373. The molecule has 0 aromatic carbocycles. The van der Waals surface area contributed by atoms with Crippen LogP contribution in [0.5, 0.6) is 0 Å². The fourth-order valence-corrected chi connectivity index (χ4v) is 2.99. The topological polar surface area (TPSA) is 81.1 Å². The van der Waals surface area contributed by atoms with Gasteiger partial charge in [-0.05, 0) is 32.5 Å². The van der Waals surface area contributed by atoms with E-state index in [2.05, 4.69) is 15.9 Å². The molecule has 0 spiro atoms. The van der Waals surface area contributed by atoms with Crippen LogP contribution in [0.2, 0.25) is 0 Å². The Morgan fingerprint density at radius 1 is 1.35 bits per heavy atom. The number of hydrogen-bond acceptors (Lipinski definition) is 4. The Bertz CT molecular complexity index is 474. The number of nitrogens with zero attached hydrogens (tertiary/aromatic N) is 2. The molecule has 0 unspecified atom stereocenters. The van der Waals surface area contributed by atoms with Crippen molar-refractivity contribution in [2.75, 3.05) is 20.2 Å². The Labute approximate surface area is 145 Å². The third kappa shape index (κ3) is 4.43. The van der Waals surface area contributed by atoms with Crippen LogP contribution in [0.15, 0.2) is 24.3 Å². The van der Waals surface area contributed by atoms with E-state index in [9.17, 15) is 19.8 Å². The van der Waals surface area contributed by atoms with E-state index in [0.29, 0.717) is 19.1 Å². The first kappa shape index (κ1) is 19.9. The second-order valence-corrected chi connectivity index (χ2v) is 7.60. The Morgan fingerprint density at radius 2 is 1.91 bits per heavy atom. The number of likely N-dealkylation sites (N-methyl/N-ethyl adjacent to an activating group) is 1. The molecule has 0 aliphatic heterocycles. The Morgan fingerprint density at radius 3 is 2.30 bits per heavy atom. The molecule has 23 heavy (non-hydrogen) atoms. The Balaban J connectivity index is 3.39. The molecular weight excluding hydrogens is 364 g/mol. The third-order valence-electron chi connectivity index (χ3n) is 4.02. The maximum atomic E-state index is 11.9. The first-order valence-electron chi connectivity index (χ1n) is 7.63. The van der Waals surface area contributed by atoms with E-state index in [4.69, 9.17) is 0 Å². The van der Waals surface area contributed by atoms with E-state index >= 15 is 0 Å². The Hall–Kier alpha value is -1.18. The number of rotatable bonds is 8. The zero-order valence-corrected chi connectivity index (χ0v) is 15.4. The molecule has 6 nitrogen and oxygen atoms in total. The van der Waals surface area contributed by atoms with Gasteiger partial charge in [0.1, 0.15) is 11.9 Å². The number of carbonyl (C=O) groups excluding carboxylic acids is 1. The summed E-state index contributed by atoms with van der Waals surface area (Å²) >= 11 is 3.53. The molecular formula is C16H25BrN2O4. The normalized spacial score (nSPS) is 27.9. The van der Waals surface area contributed by atoms with Gasteiger partial charge in [0.25, 0.3) is 0 Å². The summed E-state index contributed by atoms with van der Waals surface area (Å²) in [7, 11) is 1.73. The molecule has 0 bridgehead atoms. The van der Waals surface area contributed by atoms with Gasteiger partial charge in [-0.3, -0.25) is 9.80 Å². The molecule has 1 aliphatic rings. The molecule has 0 radical (unpaired) electrons. The van der Waals surface area contributed by atoms with Gasteiger partial charge in [-0.25, -0.2) is 4.79 Å². The van der Waals surface area contributed by atoms with Crippen LogP contribution in [0, 0.1) is 0 Å². The second kappa shape index (κ2) is 8.08. The van der Waals surface area contributed by atoms with Crippen molar-refractivity contribution in [1.82, 2.24) is 9.80 Å². The molecule has 2 N–H and O–H groups in total. The number of allylic oxidation sites excluding steroid dienone is 2. The molecule has 0 fully saturated rings. The number of alkyl halides is 1. The summed E-state index contributed by atoms with van der Waals surface area (Å²) in [6.07, 6.45) is 7.86. The van der Waals surface area contributed by atoms with Gasteiger partial charge in [0.15, 0.2) is 0 Å². The molecule has 0 heterocycles. The average Bonchev–Trinajstić information content (AvgIpc) is 2.48. The lowest BCUT2D eigenvalue weighted by atomic mass is 9.92. The highest BCUT2D eigenvalue weighted by molar-refractivity contribution is 9.10. The van der Waals surface area contributed by atoms with E-state index in [-0.39, 0.29) is 17.5 Å². The molecule has 1 rings (SSSR count). The van der Waals surface area contributed by atoms with Gasteiger partial charge in [-0.15, -0.1) is 0 Å². The van der Waals surface area contributed by atoms with Gasteiger partial charge >= 0.3 is 6.09 Å². The highest BCUT2D eigenvalue weighted by Gasteiger charge is 2.45. The predicted molar refractivity (Wildman–Crippen MR) is 92.7 cm³/mol. The minimum atomic E-state index is -1.17. The molecule has 1 amide bonds. The fourth-order valence-electron chi connectivity index (χ4n) is 2.72. The monoisotopic (exact) mass is 388 g/mol. The smallest absolute Gasteiger partial charge is 0.409 e. The van der Waals surface area contributed by atoms with Crippen molar-refractivity contribution in [1.29, 1.82) is 0 Å². The summed E-state index contributed by atoms with van der Waals surface area (Å²) in [4.78, 5) is 26.3. The number of aliphatic hydroxyl groups is 1. The van der Waals surface area contributed by atoms with Gasteiger partial charge < -0.3 is 15.0 Å². The number of hydrogen-bond donors (Lipinski definition) is 2. The van der Waals surface area contributed by atoms with Gasteiger partial charge in [-0.1, -0.05) is 41.4 Å². The molecule has 130 valence electrons. The van der Waals surface area contributed by atoms with Gasteiger partial charge in [0, 0.05) is 6.54 Å². The van der Waals surface area contributed by atoms with E-state index in [1.54, 1.807) is 24.1 Å². The standard InChI is InChI=1S/C16H25BrN2O4/c1-4-5-13(12-21)19(14(22)23)16(18(3)10-11-20)8-6-15(2,17)7-9-16/h6-9,12-13,20H,4-5,10-11H2,1-3H3,(H,22,23)/t13-,15?,16?/m0/s1. The van der Waals surface area contributed by atoms with Crippen molar-refractivity contribution in [2.45, 2.75) is 42.7 Å². The van der Waals surface area contributed by atoms with E-state index < -0.39 is 17.8 Å². The van der Waals surface area contributed by atoms with Crippen molar-refractivity contribution in [3.63, 3.8) is 0 Å². The van der Waals surface area contributed by atoms with Crippen molar-refractivity contribution in [3.05, 3.63) is 24.3 Å². The SMILES string of the molecule is CCC[C@@H](C=O)N(C(=O)O)C1(N(C)CCO)C=CC(C)(Br)C=C1. The van der Waals surface area contributed by atoms with E-state index in [0.717, 1.165) is 4.90 Å². The zero-order chi connectivity index (χ0) is 17.7. The van der Waals surface area contributed by atoms with Crippen molar-refractivity contribution < 1.29 is 19.8 Å². The quantitative estimate of drug-likeness (QED) is 0.288. The maximum Gasteiger partial charge on any atom is 0.409 e. The summed E-state index contributed by atoms with van der Waals surface area (Å²) in [5, 5.41) is 19.0. The summed E-state index contributed by atoms with van der Waals surface area (Å²) in [5.74, 6) is 0. The summed E-state index contributed by atoms with van der Waals surface area (Å²) in [6, 6.07) is -0.757. The van der Waals surface area contributed by atoms with Crippen LogP contribution in [0.25, 0.3) is 0 Å². The first-order valence-corrected chi connectivity index (χ1v) is 8.42.